The van der Waals surface area contributed by atoms with Gasteiger partial charge in [0.1, 0.15) is 0 Å². The lowest BCUT2D eigenvalue weighted by molar-refractivity contribution is -0.111. The maximum Gasteiger partial charge on any atom is 0.253 e. The molecule has 1 saturated heterocycles. The fourth-order valence-electron chi connectivity index (χ4n) is 3.40. The molecule has 0 atom stereocenters. The molecule has 2 aromatic carbocycles. The minimum absolute atomic E-state index is 0.0479. The molecule has 0 saturated carbocycles. The fourth-order valence-corrected chi connectivity index (χ4v) is 4.31. The van der Waals surface area contributed by atoms with Crippen molar-refractivity contribution in [3.63, 3.8) is 0 Å². The van der Waals surface area contributed by atoms with Crippen LogP contribution in [0, 0.1) is 6.92 Å². The highest BCUT2D eigenvalue weighted by atomic mass is 32.2. The smallest absolute Gasteiger partial charge is 0.253 e. The molecule has 2 amide bonds. The second-order valence-electron chi connectivity index (χ2n) is 7.33. The van der Waals surface area contributed by atoms with Crippen LogP contribution in [0.5, 0.6) is 11.5 Å². The Morgan fingerprint density at radius 1 is 1.03 bits per heavy atom. The Balaban J connectivity index is 1.65. The predicted octanol–water partition coefficient (Wildman–Crippen LogP) is 4.63. The van der Waals surface area contributed by atoms with E-state index in [1.54, 1.807) is 18.2 Å². The molecular weight excluding hydrogens is 424 g/mol. The number of amides is 2. The van der Waals surface area contributed by atoms with Crippen molar-refractivity contribution in [3.8, 4) is 11.5 Å². The number of benzene rings is 2. The molecule has 7 heteroatoms. The minimum atomic E-state index is -0.243. The van der Waals surface area contributed by atoms with Gasteiger partial charge in [-0.05, 0) is 68.3 Å². The Morgan fingerprint density at radius 3 is 2.44 bits per heavy atom. The molecule has 2 aromatic rings. The first-order chi connectivity index (χ1) is 15.5. The number of hydrogen-bond donors (Lipinski definition) is 1. The molecule has 1 N–H and O–H groups in total. The van der Waals surface area contributed by atoms with Gasteiger partial charge in [0, 0.05) is 41.9 Å². The van der Waals surface area contributed by atoms with Crippen molar-refractivity contribution < 1.29 is 19.1 Å². The van der Waals surface area contributed by atoms with E-state index in [9.17, 15) is 9.59 Å². The fraction of sp³-hybridized carbons (Fsp3) is 0.360. The summed E-state index contributed by atoms with van der Waals surface area (Å²) in [5.41, 5.74) is 3.03. The van der Waals surface area contributed by atoms with E-state index in [1.165, 1.54) is 6.08 Å². The van der Waals surface area contributed by atoms with Crippen LogP contribution in [-0.2, 0) is 4.79 Å². The molecule has 3 rings (SSSR count). The van der Waals surface area contributed by atoms with Gasteiger partial charge in [0.25, 0.3) is 5.91 Å². The standard InChI is InChI=1S/C25H30N2O4S/c1-4-30-22-10-6-19(17-23(22)31-5-2)7-11-24(28)26-21-9-8-20(16-18(21)3)25(29)27-12-14-32-15-13-27/h6-11,16-17H,4-5,12-15H2,1-3H3,(H,26,28)/b11-7+. The van der Waals surface area contributed by atoms with Crippen LogP contribution >= 0.6 is 11.8 Å². The number of nitrogens with one attached hydrogen (secondary N) is 1. The van der Waals surface area contributed by atoms with Crippen molar-refractivity contribution in [3.05, 3.63) is 59.2 Å². The van der Waals surface area contributed by atoms with Crippen LogP contribution in [0.15, 0.2) is 42.5 Å². The van der Waals surface area contributed by atoms with E-state index in [2.05, 4.69) is 5.32 Å². The number of rotatable bonds is 8. The lowest BCUT2D eigenvalue weighted by atomic mass is 10.1. The number of anilines is 1. The van der Waals surface area contributed by atoms with E-state index in [0.29, 0.717) is 36.0 Å². The van der Waals surface area contributed by atoms with E-state index in [1.807, 2.05) is 61.7 Å². The normalized spacial score (nSPS) is 13.8. The third-order valence-electron chi connectivity index (χ3n) is 5.02. The molecule has 6 nitrogen and oxygen atoms in total. The molecule has 1 heterocycles. The second-order valence-corrected chi connectivity index (χ2v) is 8.55. The summed E-state index contributed by atoms with van der Waals surface area (Å²) in [5.74, 6) is 3.10. The molecule has 0 bridgehead atoms. The summed E-state index contributed by atoms with van der Waals surface area (Å²) in [7, 11) is 0. The van der Waals surface area contributed by atoms with Crippen LogP contribution in [0.4, 0.5) is 5.69 Å². The van der Waals surface area contributed by atoms with E-state index in [-0.39, 0.29) is 11.8 Å². The maximum atomic E-state index is 12.7. The zero-order valence-electron chi connectivity index (χ0n) is 18.8. The molecule has 170 valence electrons. The summed E-state index contributed by atoms with van der Waals surface area (Å²) in [4.78, 5) is 27.0. The first-order valence-electron chi connectivity index (χ1n) is 10.9. The van der Waals surface area contributed by atoms with Crippen LogP contribution in [0.2, 0.25) is 0 Å². The van der Waals surface area contributed by atoms with Crippen LogP contribution in [0.1, 0.15) is 35.3 Å². The number of carbonyl (C=O) groups excluding carboxylic acids is 2. The molecule has 32 heavy (non-hydrogen) atoms. The highest BCUT2D eigenvalue weighted by molar-refractivity contribution is 7.99. The highest BCUT2D eigenvalue weighted by Crippen LogP contribution is 2.29. The van der Waals surface area contributed by atoms with Gasteiger partial charge in [0.05, 0.1) is 13.2 Å². The number of thioether (sulfide) groups is 1. The molecule has 0 unspecified atom stereocenters. The molecule has 0 aliphatic carbocycles. The van der Waals surface area contributed by atoms with Gasteiger partial charge in [-0.15, -0.1) is 0 Å². The minimum Gasteiger partial charge on any atom is -0.490 e. The zero-order valence-corrected chi connectivity index (χ0v) is 19.7. The van der Waals surface area contributed by atoms with Crippen LogP contribution in [0.3, 0.4) is 0 Å². The maximum absolute atomic E-state index is 12.7. The number of hydrogen-bond acceptors (Lipinski definition) is 5. The molecule has 0 aromatic heterocycles. The van der Waals surface area contributed by atoms with Gasteiger partial charge >= 0.3 is 0 Å². The van der Waals surface area contributed by atoms with Crippen molar-refractivity contribution >= 4 is 35.3 Å². The van der Waals surface area contributed by atoms with Crippen molar-refractivity contribution in [2.75, 3.05) is 43.1 Å². The summed E-state index contributed by atoms with van der Waals surface area (Å²) in [6.45, 7) is 8.37. The van der Waals surface area contributed by atoms with Crippen molar-refractivity contribution in [2.24, 2.45) is 0 Å². The van der Waals surface area contributed by atoms with Gasteiger partial charge in [0.15, 0.2) is 11.5 Å². The van der Waals surface area contributed by atoms with E-state index in [4.69, 9.17) is 9.47 Å². The van der Waals surface area contributed by atoms with Gasteiger partial charge in [0.2, 0.25) is 5.91 Å². The highest BCUT2D eigenvalue weighted by Gasteiger charge is 2.19. The average Bonchev–Trinajstić information content (AvgIpc) is 2.81. The lowest BCUT2D eigenvalue weighted by Crippen LogP contribution is -2.37. The topological polar surface area (TPSA) is 67.9 Å². The van der Waals surface area contributed by atoms with Gasteiger partial charge in [-0.1, -0.05) is 6.07 Å². The second kappa shape index (κ2) is 11.6. The zero-order chi connectivity index (χ0) is 22.9. The average molecular weight is 455 g/mol. The van der Waals surface area contributed by atoms with Crippen molar-refractivity contribution in [1.29, 1.82) is 0 Å². The number of aryl methyl sites for hydroxylation is 1. The van der Waals surface area contributed by atoms with Crippen LogP contribution in [0.25, 0.3) is 6.08 Å². The number of nitrogens with zero attached hydrogens (tertiary/aromatic N) is 1. The van der Waals surface area contributed by atoms with E-state index >= 15 is 0 Å². The molecule has 1 aliphatic rings. The molecule has 1 aliphatic heterocycles. The predicted molar refractivity (Wildman–Crippen MR) is 131 cm³/mol. The summed E-state index contributed by atoms with van der Waals surface area (Å²) in [6, 6.07) is 11.0. The Bertz CT molecular complexity index is 984. The first-order valence-corrected chi connectivity index (χ1v) is 12.0. The number of carbonyl (C=O) groups is 2. The van der Waals surface area contributed by atoms with Gasteiger partial charge in [-0.3, -0.25) is 9.59 Å². The van der Waals surface area contributed by atoms with Crippen molar-refractivity contribution in [1.82, 2.24) is 4.90 Å². The summed E-state index contributed by atoms with van der Waals surface area (Å²) < 4.78 is 11.2. The van der Waals surface area contributed by atoms with Gasteiger partial charge in [-0.25, -0.2) is 0 Å². The third-order valence-corrected chi connectivity index (χ3v) is 5.97. The van der Waals surface area contributed by atoms with Crippen LogP contribution in [-0.4, -0.2) is 54.5 Å². The van der Waals surface area contributed by atoms with Crippen LogP contribution < -0.4 is 14.8 Å². The Hall–Kier alpha value is -2.93. The Labute approximate surface area is 194 Å². The Kier molecular flexibility index (Phi) is 8.62. The largest absolute Gasteiger partial charge is 0.490 e. The quantitative estimate of drug-likeness (QED) is 0.589. The van der Waals surface area contributed by atoms with Gasteiger partial charge < -0.3 is 19.7 Å². The molecule has 0 spiro atoms. The van der Waals surface area contributed by atoms with Gasteiger partial charge in [-0.2, -0.15) is 11.8 Å². The summed E-state index contributed by atoms with van der Waals surface area (Å²) in [5, 5.41) is 2.89. The lowest BCUT2D eigenvalue weighted by Gasteiger charge is -2.26. The molecular formula is C25H30N2O4S. The Morgan fingerprint density at radius 2 is 1.75 bits per heavy atom. The molecule has 0 radical (unpaired) electrons. The monoisotopic (exact) mass is 454 g/mol. The van der Waals surface area contributed by atoms with Crippen molar-refractivity contribution in [2.45, 2.75) is 20.8 Å². The summed E-state index contributed by atoms with van der Waals surface area (Å²) in [6.07, 6.45) is 3.21. The third kappa shape index (κ3) is 6.29. The van der Waals surface area contributed by atoms with E-state index < -0.39 is 0 Å². The molecule has 1 fully saturated rings. The summed E-state index contributed by atoms with van der Waals surface area (Å²) >= 11 is 1.87. The SMILES string of the molecule is CCOc1ccc(/C=C/C(=O)Nc2ccc(C(=O)N3CCSCC3)cc2C)cc1OCC. The first kappa shape index (κ1) is 23.7. The van der Waals surface area contributed by atoms with E-state index in [0.717, 1.165) is 35.7 Å². The number of ether oxygens (including phenoxy) is 2.